The fraction of sp³-hybridized carbons (Fsp3) is 0.562. The van der Waals surface area contributed by atoms with E-state index in [9.17, 15) is 13.6 Å². The lowest BCUT2D eigenvalue weighted by atomic mass is 9.77. The number of alkyl halides is 1. The summed E-state index contributed by atoms with van der Waals surface area (Å²) < 4.78 is 27.1. The summed E-state index contributed by atoms with van der Waals surface area (Å²) in [7, 11) is 0. The van der Waals surface area contributed by atoms with Gasteiger partial charge in [0, 0.05) is 11.4 Å². The number of halogens is 3. The van der Waals surface area contributed by atoms with Gasteiger partial charge in [0.05, 0.1) is 11.1 Å². The predicted octanol–water partition coefficient (Wildman–Crippen LogP) is 4.35. The SMILES string of the molecule is Cc1cc(C(=O)NC2(CBr)CCCC(C)C2)c(F)cc1F. The summed E-state index contributed by atoms with van der Waals surface area (Å²) in [5.41, 5.74) is -0.164. The molecule has 0 spiro atoms. The Hall–Kier alpha value is -0.970. The van der Waals surface area contributed by atoms with Crippen molar-refractivity contribution in [3.8, 4) is 0 Å². The molecule has 1 fully saturated rings. The number of hydrogen-bond donors (Lipinski definition) is 1. The first-order valence-electron chi connectivity index (χ1n) is 7.21. The number of hydrogen-bond acceptors (Lipinski definition) is 1. The molecule has 1 aromatic rings. The van der Waals surface area contributed by atoms with Crippen LogP contribution in [0.5, 0.6) is 0 Å². The Morgan fingerprint density at radius 2 is 2.14 bits per heavy atom. The molecule has 2 unspecified atom stereocenters. The maximum Gasteiger partial charge on any atom is 0.254 e. The standard InChI is InChI=1S/C16H20BrF2NO/c1-10-4-3-5-16(8-10,9-17)20-15(21)12-6-11(2)13(18)7-14(12)19/h6-7,10H,3-5,8-9H2,1-2H3,(H,20,21). The van der Waals surface area contributed by atoms with E-state index >= 15 is 0 Å². The number of carbonyl (C=O) groups excluding carboxylic acids is 1. The summed E-state index contributed by atoms with van der Waals surface area (Å²) in [5.74, 6) is -1.39. The molecule has 1 aromatic carbocycles. The molecule has 2 rings (SSSR count). The molecule has 116 valence electrons. The molecule has 2 atom stereocenters. The lowest BCUT2D eigenvalue weighted by Gasteiger charge is -2.39. The van der Waals surface area contributed by atoms with Gasteiger partial charge in [0.2, 0.25) is 0 Å². The largest absolute Gasteiger partial charge is 0.346 e. The van der Waals surface area contributed by atoms with Crippen molar-refractivity contribution < 1.29 is 13.6 Å². The van der Waals surface area contributed by atoms with Crippen molar-refractivity contribution in [2.45, 2.75) is 45.1 Å². The van der Waals surface area contributed by atoms with E-state index in [1.54, 1.807) is 0 Å². The smallest absolute Gasteiger partial charge is 0.254 e. The van der Waals surface area contributed by atoms with Crippen LogP contribution < -0.4 is 5.32 Å². The minimum Gasteiger partial charge on any atom is -0.346 e. The topological polar surface area (TPSA) is 29.1 Å². The Kier molecular flexibility index (Phi) is 5.02. The summed E-state index contributed by atoms with van der Waals surface area (Å²) in [4.78, 5) is 12.4. The zero-order valence-corrected chi connectivity index (χ0v) is 13.9. The van der Waals surface area contributed by atoms with Crippen molar-refractivity contribution in [2.24, 2.45) is 5.92 Å². The molecule has 0 bridgehead atoms. The first-order chi connectivity index (χ1) is 9.87. The van der Waals surface area contributed by atoms with E-state index in [4.69, 9.17) is 0 Å². The van der Waals surface area contributed by atoms with E-state index in [1.165, 1.54) is 13.0 Å². The van der Waals surface area contributed by atoms with Crippen molar-refractivity contribution in [2.75, 3.05) is 5.33 Å². The van der Waals surface area contributed by atoms with Crippen molar-refractivity contribution in [1.82, 2.24) is 5.32 Å². The van der Waals surface area contributed by atoms with Crippen LogP contribution in [0, 0.1) is 24.5 Å². The predicted molar refractivity (Wildman–Crippen MR) is 82.7 cm³/mol. The molecule has 1 N–H and O–H groups in total. The number of carbonyl (C=O) groups is 1. The van der Waals surface area contributed by atoms with Crippen molar-refractivity contribution in [3.05, 3.63) is 34.9 Å². The Bertz CT molecular complexity index is 549. The van der Waals surface area contributed by atoms with Gasteiger partial charge in [-0.05, 0) is 37.3 Å². The monoisotopic (exact) mass is 359 g/mol. The first-order valence-corrected chi connectivity index (χ1v) is 8.33. The quantitative estimate of drug-likeness (QED) is 0.798. The van der Waals surface area contributed by atoms with Crippen LogP contribution in [0.4, 0.5) is 8.78 Å². The van der Waals surface area contributed by atoms with Crippen LogP contribution in [-0.4, -0.2) is 16.8 Å². The third kappa shape index (κ3) is 3.62. The lowest BCUT2D eigenvalue weighted by molar-refractivity contribution is 0.0865. The van der Waals surface area contributed by atoms with E-state index in [2.05, 4.69) is 28.2 Å². The van der Waals surface area contributed by atoms with Gasteiger partial charge in [-0.2, -0.15) is 0 Å². The third-order valence-corrected chi connectivity index (χ3v) is 5.29. The van der Waals surface area contributed by atoms with Crippen LogP contribution in [0.1, 0.15) is 48.5 Å². The molecular weight excluding hydrogens is 340 g/mol. The van der Waals surface area contributed by atoms with Crippen LogP contribution in [0.15, 0.2) is 12.1 Å². The molecule has 0 radical (unpaired) electrons. The van der Waals surface area contributed by atoms with Crippen LogP contribution in [0.25, 0.3) is 0 Å². The first kappa shape index (κ1) is 16.4. The summed E-state index contributed by atoms with van der Waals surface area (Å²) in [6, 6.07) is 2.04. The normalized spacial score (nSPS) is 25.7. The highest BCUT2D eigenvalue weighted by Gasteiger charge is 2.36. The molecule has 1 amide bonds. The number of nitrogens with one attached hydrogen (secondary N) is 1. The molecule has 21 heavy (non-hydrogen) atoms. The molecule has 1 aliphatic rings. The third-order valence-electron chi connectivity index (χ3n) is 4.22. The molecule has 0 aliphatic heterocycles. The molecular formula is C16H20BrF2NO. The number of amides is 1. The van der Waals surface area contributed by atoms with E-state index in [1.807, 2.05) is 0 Å². The van der Waals surface area contributed by atoms with Gasteiger partial charge in [-0.25, -0.2) is 8.78 Å². The van der Waals surface area contributed by atoms with Crippen molar-refractivity contribution in [3.63, 3.8) is 0 Å². The average Bonchev–Trinajstić information content (AvgIpc) is 2.42. The number of aryl methyl sites for hydroxylation is 1. The number of benzene rings is 1. The van der Waals surface area contributed by atoms with Gasteiger partial charge in [-0.1, -0.05) is 35.7 Å². The van der Waals surface area contributed by atoms with Gasteiger partial charge in [-0.15, -0.1) is 0 Å². The Morgan fingerprint density at radius 3 is 2.76 bits per heavy atom. The second kappa shape index (κ2) is 6.42. The van der Waals surface area contributed by atoms with E-state index in [-0.39, 0.29) is 16.7 Å². The second-order valence-electron chi connectivity index (χ2n) is 6.15. The Balaban J connectivity index is 2.22. The highest BCUT2D eigenvalue weighted by atomic mass is 79.9. The van der Waals surface area contributed by atoms with Crippen LogP contribution in [0.2, 0.25) is 0 Å². The average molecular weight is 360 g/mol. The fourth-order valence-corrected chi connectivity index (χ4v) is 3.72. The molecule has 2 nitrogen and oxygen atoms in total. The van der Waals surface area contributed by atoms with E-state index in [0.29, 0.717) is 11.2 Å². The van der Waals surface area contributed by atoms with Gasteiger partial charge in [-0.3, -0.25) is 4.79 Å². The Morgan fingerprint density at radius 1 is 1.43 bits per heavy atom. The molecule has 0 heterocycles. The number of rotatable bonds is 3. The van der Waals surface area contributed by atoms with Gasteiger partial charge < -0.3 is 5.32 Å². The summed E-state index contributed by atoms with van der Waals surface area (Å²) >= 11 is 3.47. The summed E-state index contributed by atoms with van der Waals surface area (Å²) in [6.45, 7) is 3.68. The summed E-state index contributed by atoms with van der Waals surface area (Å²) in [6.07, 6.45) is 3.93. The molecule has 1 aliphatic carbocycles. The summed E-state index contributed by atoms with van der Waals surface area (Å²) in [5, 5.41) is 3.60. The van der Waals surface area contributed by atoms with Crippen molar-refractivity contribution in [1.29, 1.82) is 0 Å². The highest BCUT2D eigenvalue weighted by molar-refractivity contribution is 9.09. The van der Waals surface area contributed by atoms with Gasteiger partial charge in [0.25, 0.3) is 5.91 Å². The van der Waals surface area contributed by atoms with Crippen LogP contribution >= 0.6 is 15.9 Å². The minimum atomic E-state index is -0.816. The molecule has 5 heteroatoms. The zero-order valence-electron chi connectivity index (χ0n) is 12.3. The molecule has 0 saturated heterocycles. The Labute approximate surface area is 132 Å². The fourth-order valence-electron chi connectivity index (χ4n) is 3.07. The maximum absolute atomic E-state index is 13.8. The van der Waals surface area contributed by atoms with Crippen molar-refractivity contribution >= 4 is 21.8 Å². The lowest BCUT2D eigenvalue weighted by Crippen LogP contribution is -2.52. The van der Waals surface area contributed by atoms with Gasteiger partial charge >= 0.3 is 0 Å². The molecule has 1 saturated carbocycles. The van der Waals surface area contributed by atoms with Crippen LogP contribution in [0.3, 0.4) is 0 Å². The van der Waals surface area contributed by atoms with Gasteiger partial charge in [0.1, 0.15) is 11.6 Å². The molecule has 0 aromatic heterocycles. The highest BCUT2D eigenvalue weighted by Crippen LogP contribution is 2.34. The van der Waals surface area contributed by atoms with E-state index in [0.717, 1.165) is 31.7 Å². The van der Waals surface area contributed by atoms with Gasteiger partial charge in [0.15, 0.2) is 0 Å². The van der Waals surface area contributed by atoms with Crippen LogP contribution in [-0.2, 0) is 0 Å². The zero-order chi connectivity index (χ0) is 15.6. The second-order valence-corrected chi connectivity index (χ2v) is 6.71. The maximum atomic E-state index is 13.8. The minimum absolute atomic E-state index is 0.0903. The van der Waals surface area contributed by atoms with E-state index < -0.39 is 17.5 Å².